The number of ether oxygens (including phenoxy) is 3. The molecule has 3 aliphatic rings. The lowest BCUT2D eigenvalue weighted by Gasteiger charge is -2.44. The first-order valence-corrected chi connectivity index (χ1v) is 8.00. The van der Waals surface area contributed by atoms with E-state index >= 15 is 0 Å². The number of rotatable bonds is 4. The summed E-state index contributed by atoms with van der Waals surface area (Å²) in [4.78, 5) is 11.2. The molecule has 25 heavy (non-hydrogen) atoms. The smallest absolute Gasteiger partial charge is 0.211 e. The molecular weight excluding hydrogens is 336 g/mol. The van der Waals surface area contributed by atoms with E-state index in [2.05, 4.69) is 6.58 Å². The Bertz CT molecular complexity index is 574. The second-order valence-electron chi connectivity index (χ2n) is 6.59. The molecule has 1 saturated heterocycles. The van der Waals surface area contributed by atoms with E-state index in [0.29, 0.717) is 18.3 Å². The summed E-state index contributed by atoms with van der Waals surface area (Å²) in [7, 11) is 0. The van der Waals surface area contributed by atoms with Crippen molar-refractivity contribution < 1.29 is 44.5 Å². The first-order chi connectivity index (χ1) is 11.8. The van der Waals surface area contributed by atoms with Gasteiger partial charge in [-0.2, -0.15) is 0 Å². The highest BCUT2D eigenvalue weighted by Crippen LogP contribution is 2.48. The fourth-order valence-electron chi connectivity index (χ4n) is 3.61. The van der Waals surface area contributed by atoms with Crippen LogP contribution < -0.4 is 0 Å². The van der Waals surface area contributed by atoms with Gasteiger partial charge in [-0.25, -0.2) is 0 Å². The van der Waals surface area contributed by atoms with Gasteiger partial charge in [-0.3, -0.25) is 4.79 Å². The van der Waals surface area contributed by atoms with Crippen LogP contribution in [0.4, 0.5) is 0 Å². The van der Waals surface area contributed by atoms with Crippen LogP contribution in [-0.2, 0) is 19.0 Å². The lowest BCUT2D eigenvalue weighted by atomic mass is 9.81. The number of fused-ring (bicyclic) bond motifs is 1. The SMILES string of the molecule is C=C1CCC2(O)C(C=O)=COC(OC3OC(CO)C(O)C(O)C3O)C12. The molecular formula is C16H22O9. The third-order valence-electron chi connectivity index (χ3n) is 5.13. The Kier molecular flexibility index (Phi) is 5.00. The molecule has 0 bridgehead atoms. The first-order valence-electron chi connectivity index (χ1n) is 8.00. The predicted octanol–water partition coefficient (Wildman–Crippen LogP) is -2.06. The molecule has 0 aromatic carbocycles. The van der Waals surface area contributed by atoms with Gasteiger partial charge in [0.1, 0.15) is 30.0 Å². The van der Waals surface area contributed by atoms with Crippen LogP contribution in [0.2, 0.25) is 0 Å². The van der Waals surface area contributed by atoms with Crippen molar-refractivity contribution in [3.05, 3.63) is 24.0 Å². The fourth-order valence-corrected chi connectivity index (χ4v) is 3.61. The van der Waals surface area contributed by atoms with Gasteiger partial charge in [0, 0.05) is 0 Å². The molecule has 1 aliphatic carbocycles. The zero-order valence-corrected chi connectivity index (χ0v) is 13.4. The Labute approximate surface area is 143 Å². The molecule has 0 amide bonds. The number of aliphatic hydroxyl groups is 5. The molecule has 0 spiro atoms. The van der Waals surface area contributed by atoms with Crippen LogP contribution in [0.15, 0.2) is 24.0 Å². The summed E-state index contributed by atoms with van der Waals surface area (Å²) >= 11 is 0. The van der Waals surface area contributed by atoms with E-state index in [1.807, 2.05) is 0 Å². The van der Waals surface area contributed by atoms with E-state index in [1.165, 1.54) is 0 Å². The Morgan fingerprint density at radius 2 is 2.00 bits per heavy atom. The van der Waals surface area contributed by atoms with Gasteiger partial charge in [-0.15, -0.1) is 0 Å². The van der Waals surface area contributed by atoms with Crippen LogP contribution >= 0.6 is 0 Å². The third kappa shape index (κ3) is 2.91. The third-order valence-corrected chi connectivity index (χ3v) is 5.13. The lowest BCUT2D eigenvalue weighted by molar-refractivity contribution is -0.342. The standard InChI is InChI=1S/C16H22O9/c1-7-2-3-16(22)8(4-17)6-23-14(10(7)16)25-15-13(21)12(20)11(19)9(5-18)24-15/h4,6,9-15,18-22H,1-3,5H2. The van der Waals surface area contributed by atoms with E-state index in [9.17, 15) is 30.3 Å². The van der Waals surface area contributed by atoms with Crippen molar-refractivity contribution in [2.75, 3.05) is 6.61 Å². The Hall–Kier alpha value is -1.33. The van der Waals surface area contributed by atoms with E-state index in [0.717, 1.165) is 6.26 Å². The van der Waals surface area contributed by atoms with Crippen molar-refractivity contribution in [2.24, 2.45) is 5.92 Å². The maximum Gasteiger partial charge on any atom is 0.211 e. The summed E-state index contributed by atoms with van der Waals surface area (Å²) in [6, 6.07) is 0. The maximum atomic E-state index is 11.2. The van der Waals surface area contributed by atoms with Crippen molar-refractivity contribution in [2.45, 2.75) is 55.4 Å². The normalized spacial score (nSPS) is 47.0. The van der Waals surface area contributed by atoms with E-state index < -0.39 is 55.1 Å². The highest BCUT2D eigenvalue weighted by atomic mass is 16.8. The molecule has 140 valence electrons. The Balaban J connectivity index is 1.81. The molecule has 2 fully saturated rings. The topological polar surface area (TPSA) is 146 Å². The summed E-state index contributed by atoms with van der Waals surface area (Å²) in [6.45, 7) is 3.29. The van der Waals surface area contributed by atoms with Crippen LogP contribution in [-0.4, -0.2) is 81.0 Å². The molecule has 2 heterocycles. The van der Waals surface area contributed by atoms with Crippen LogP contribution in [0.25, 0.3) is 0 Å². The predicted molar refractivity (Wildman–Crippen MR) is 80.7 cm³/mol. The minimum absolute atomic E-state index is 0.0739. The van der Waals surface area contributed by atoms with Crippen LogP contribution in [0, 0.1) is 5.92 Å². The number of aldehydes is 1. The zero-order chi connectivity index (χ0) is 18.4. The minimum atomic E-state index is -1.60. The number of carbonyl (C=O) groups excluding carboxylic acids is 1. The van der Waals surface area contributed by atoms with E-state index in [-0.39, 0.29) is 12.0 Å². The van der Waals surface area contributed by atoms with E-state index in [4.69, 9.17) is 14.2 Å². The van der Waals surface area contributed by atoms with Crippen molar-refractivity contribution in [3.63, 3.8) is 0 Å². The van der Waals surface area contributed by atoms with Gasteiger partial charge in [-0.1, -0.05) is 12.2 Å². The highest BCUT2D eigenvalue weighted by Gasteiger charge is 2.55. The zero-order valence-electron chi connectivity index (χ0n) is 13.4. The fraction of sp³-hybridized carbons (Fsp3) is 0.688. The monoisotopic (exact) mass is 358 g/mol. The van der Waals surface area contributed by atoms with Gasteiger partial charge in [0.15, 0.2) is 12.6 Å². The van der Waals surface area contributed by atoms with Crippen LogP contribution in [0.5, 0.6) is 0 Å². The molecule has 1 saturated carbocycles. The Morgan fingerprint density at radius 1 is 1.28 bits per heavy atom. The molecule has 9 heteroatoms. The van der Waals surface area contributed by atoms with Crippen molar-refractivity contribution >= 4 is 6.29 Å². The molecule has 0 aromatic heterocycles. The summed E-state index contributed by atoms with van der Waals surface area (Å²) in [5.74, 6) is -0.759. The van der Waals surface area contributed by atoms with Crippen molar-refractivity contribution in [3.8, 4) is 0 Å². The molecule has 9 nitrogen and oxygen atoms in total. The molecule has 2 aliphatic heterocycles. The van der Waals surface area contributed by atoms with E-state index in [1.54, 1.807) is 0 Å². The summed E-state index contributed by atoms with van der Waals surface area (Å²) in [5.41, 5.74) is -0.801. The number of carbonyl (C=O) groups is 1. The lowest BCUT2D eigenvalue weighted by Crippen LogP contribution is -2.60. The highest BCUT2D eigenvalue weighted by molar-refractivity contribution is 5.77. The van der Waals surface area contributed by atoms with Gasteiger partial charge in [0.05, 0.1) is 24.4 Å². The Morgan fingerprint density at radius 3 is 2.64 bits per heavy atom. The second-order valence-corrected chi connectivity index (χ2v) is 6.59. The molecule has 8 unspecified atom stereocenters. The molecule has 0 radical (unpaired) electrons. The van der Waals surface area contributed by atoms with Gasteiger partial charge in [0.25, 0.3) is 0 Å². The molecule has 5 N–H and O–H groups in total. The van der Waals surface area contributed by atoms with Crippen LogP contribution in [0.3, 0.4) is 0 Å². The summed E-state index contributed by atoms with van der Waals surface area (Å²) in [5, 5.41) is 49.8. The molecule has 3 rings (SSSR count). The van der Waals surface area contributed by atoms with Gasteiger partial charge in [0.2, 0.25) is 6.29 Å². The van der Waals surface area contributed by atoms with Gasteiger partial charge in [-0.05, 0) is 12.8 Å². The average molecular weight is 358 g/mol. The molecule has 8 atom stereocenters. The minimum Gasteiger partial charge on any atom is -0.471 e. The second kappa shape index (κ2) is 6.76. The number of hydrogen-bond donors (Lipinski definition) is 5. The summed E-state index contributed by atoms with van der Waals surface area (Å²) < 4.78 is 16.2. The van der Waals surface area contributed by atoms with Crippen molar-refractivity contribution in [1.82, 2.24) is 0 Å². The van der Waals surface area contributed by atoms with Gasteiger partial charge >= 0.3 is 0 Å². The van der Waals surface area contributed by atoms with Gasteiger partial charge < -0.3 is 39.7 Å². The summed E-state index contributed by atoms with van der Waals surface area (Å²) in [6.07, 6.45) is -6.01. The first kappa shape index (κ1) is 18.5. The van der Waals surface area contributed by atoms with Crippen LogP contribution in [0.1, 0.15) is 12.8 Å². The largest absolute Gasteiger partial charge is 0.471 e. The number of hydrogen-bond acceptors (Lipinski definition) is 9. The quantitative estimate of drug-likeness (QED) is 0.283. The van der Waals surface area contributed by atoms with Crippen molar-refractivity contribution in [1.29, 1.82) is 0 Å². The average Bonchev–Trinajstić information content (AvgIpc) is 2.91. The number of aliphatic hydroxyl groups excluding tert-OH is 4. The molecule has 0 aromatic rings. The maximum absolute atomic E-state index is 11.2.